The van der Waals surface area contributed by atoms with Gasteiger partial charge in [-0.05, 0) is 28.6 Å². The smallest absolute Gasteiger partial charge is 0.200 e. The van der Waals surface area contributed by atoms with E-state index in [-0.39, 0.29) is 12.7 Å². The molecule has 0 radical (unpaired) electrons. The minimum absolute atomic E-state index is 0.0375. The van der Waals surface area contributed by atoms with Gasteiger partial charge in [0, 0.05) is 6.61 Å². The maximum atomic E-state index is 9.59. The molecule has 3 nitrogen and oxygen atoms in total. The summed E-state index contributed by atoms with van der Waals surface area (Å²) in [6.45, 7) is 15.0. The highest BCUT2D eigenvalue weighted by Crippen LogP contribution is 2.42. The number of benzene rings is 1. The van der Waals surface area contributed by atoms with E-state index in [0.29, 0.717) is 29.8 Å². The van der Waals surface area contributed by atoms with Crippen LogP contribution in [0.1, 0.15) is 53.5 Å². The van der Waals surface area contributed by atoms with Gasteiger partial charge in [-0.1, -0.05) is 71.9 Å². The van der Waals surface area contributed by atoms with E-state index >= 15 is 0 Å². The molecule has 0 bridgehead atoms. The maximum absolute atomic E-state index is 9.59. The molecule has 1 rings (SSSR count). The van der Waals surface area contributed by atoms with Crippen LogP contribution < -0.4 is 0 Å². The summed E-state index contributed by atoms with van der Waals surface area (Å²) >= 11 is 0. The summed E-state index contributed by atoms with van der Waals surface area (Å²) < 4.78 is 12.4. The van der Waals surface area contributed by atoms with Crippen molar-refractivity contribution in [2.45, 2.75) is 77.3 Å². The summed E-state index contributed by atoms with van der Waals surface area (Å²) in [6.07, 6.45) is 0.577. The molecule has 0 aliphatic heterocycles. The third-order valence-corrected chi connectivity index (χ3v) is 11.1. The molecule has 0 aliphatic rings. The monoisotopic (exact) mass is 352 g/mol. The fourth-order valence-electron chi connectivity index (χ4n) is 3.88. The van der Waals surface area contributed by atoms with Crippen LogP contribution >= 0.6 is 0 Å². The Kier molecular flexibility index (Phi) is 9.20. The van der Waals surface area contributed by atoms with E-state index in [1.54, 1.807) is 0 Å². The van der Waals surface area contributed by atoms with Gasteiger partial charge in [-0.2, -0.15) is 0 Å². The Labute approximate surface area is 149 Å². The van der Waals surface area contributed by atoms with Crippen LogP contribution in [0.2, 0.25) is 16.6 Å². The van der Waals surface area contributed by atoms with Gasteiger partial charge < -0.3 is 14.3 Å². The summed E-state index contributed by atoms with van der Waals surface area (Å²) in [5.74, 6) is 0. The molecule has 0 amide bonds. The first-order chi connectivity index (χ1) is 11.3. The number of hydrogen-bond acceptors (Lipinski definition) is 3. The third kappa shape index (κ3) is 5.69. The Balaban J connectivity index is 2.55. The van der Waals surface area contributed by atoms with E-state index in [0.717, 1.165) is 12.0 Å². The predicted octanol–water partition coefficient (Wildman–Crippen LogP) is 5.15. The standard InChI is InChI=1S/C20H36O3Si/c1-16(2)24(17(3)4,18(5)6)23-13-12-20(14-21)22-15-19-10-8-7-9-11-19/h7-11,16-18,20-21H,12-15H2,1-6H3/t20-/m1/s1. The molecule has 0 spiro atoms. The highest BCUT2D eigenvalue weighted by Gasteiger charge is 2.44. The summed E-state index contributed by atoms with van der Waals surface area (Å²) in [6, 6.07) is 10.1. The van der Waals surface area contributed by atoms with Gasteiger partial charge in [-0.3, -0.25) is 0 Å². The van der Waals surface area contributed by atoms with Gasteiger partial charge in [0.1, 0.15) is 0 Å². The highest BCUT2D eigenvalue weighted by molar-refractivity contribution is 6.77. The molecule has 138 valence electrons. The molecular weight excluding hydrogens is 316 g/mol. The Hall–Kier alpha value is -0.683. The fourth-order valence-corrected chi connectivity index (χ4v) is 9.35. The van der Waals surface area contributed by atoms with E-state index in [2.05, 4.69) is 41.5 Å². The van der Waals surface area contributed by atoms with E-state index in [4.69, 9.17) is 9.16 Å². The van der Waals surface area contributed by atoms with Crippen molar-refractivity contribution in [2.75, 3.05) is 13.2 Å². The average molecular weight is 353 g/mol. The molecular formula is C20H36O3Si. The molecule has 0 aromatic heterocycles. The predicted molar refractivity (Wildman–Crippen MR) is 104 cm³/mol. The molecule has 1 aromatic carbocycles. The summed E-state index contributed by atoms with van der Waals surface area (Å²) in [4.78, 5) is 0. The molecule has 1 atom stereocenters. The second-order valence-electron chi connectivity index (χ2n) is 7.56. The zero-order valence-electron chi connectivity index (χ0n) is 16.3. The van der Waals surface area contributed by atoms with Crippen molar-refractivity contribution in [2.24, 2.45) is 0 Å². The largest absolute Gasteiger partial charge is 0.416 e. The van der Waals surface area contributed by atoms with E-state index in [1.165, 1.54) is 0 Å². The van der Waals surface area contributed by atoms with E-state index in [1.807, 2.05) is 30.3 Å². The zero-order valence-corrected chi connectivity index (χ0v) is 17.3. The van der Waals surface area contributed by atoms with Crippen LogP contribution in [0.5, 0.6) is 0 Å². The molecule has 0 saturated carbocycles. The molecule has 0 unspecified atom stereocenters. The zero-order chi connectivity index (χ0) is 18.2. The fraction of sp³-hybridized carbons (Fsp3) is 0.700. The minimum atomic E-state index is -1.83. The van der Waals surface area contributed by atoms with Crippen LogP contribution in [0.25, 0.3) is 0 Å². The lowest BCUT2D eigenvalue weighted by Crippen LogP contribution is -2.48. The minimum Gasteiger partial charge on any atom is -0.416 e. The van der Waals surface area contributed by atoms with Crippen LogP contribution in [0.15, 0.2) is 30.3 Å². The van der Waals surface area contributed by atoms with Gasteiger partial charge in [-0.15, -0.1) is 0 Å². The van der Waals surface area contributed by atoms with Gasteiger partial charge in [0.05, 0.1) is 19.3 Å². The lowest BCUT2D eigenvalue weighted by molar-refractivity contribution is -0.00976. The molecule has 4 heteroatoms. The van der Waals surface area contributed by atoms with Crippen molar-refractivity contribution in [3.05, 3.63) is 35.9 Å². The number of ether oxygens (including phenoxy) is 1. The first-order valence-corrected chi connectivity index (χ1v) is 11.4. The number of aliphatic hydroxyl groups is 1. The van der Waals surface area contributed by atoms with Crippen LogP contribution in [0.4, 0.5) is 0 Å². The molecule has 1 N–H and O–H groups in total. The van der Waals surface area contributed by atoms with Gasteiger partial charge in [0.2, 0.25) is 0 Å². The lowest BCUT2D eigenvalue weighted by Gasteiger charge is -2.42. The Bertz CT molecular complexity index is 424. The Morgan fingerprint density at radius 3 is 1.92 bits per heavy atom. The van der Waals surface area contributed by atoms with Gasteiger partial charge in [0.15, 0.2) is 8.32 Å². The molecule has 0 aliphatic carbocycles. The van der Waals surface area contributed by atoms with Gasteiger partial charge in [0.25, 0.3) is 0 Å². The van der Waals surface area contributed by atoms with Gasteiger partial charge in [-0.25, -0.2) is 0 Å². The molecule has 24 heavy (non-hydrogen) atoms. The average Bonchev–Trinajstić information content (AvgIpc) is 2.54. The SMILES string of the molecule is CC(C)[Si](OCC[C@H](CO)OCc1ccccc1)(C(C)C)C(C)C. The van der Waals surface area contributed by atoms with Crippen molar-refractivity contribution in [1.82, 2.24) is 0 Å². The first kappa shape index (κ1) is 21.4. The Morgan fingerprint density at radius 2 is 1.46 bits per heavy atom. The summed E-state index contributed by atoms with van der Waals surface area (Å²) in [7, 11) is -1.83. The normalized spacial score (nSPS) is 13.9. The number of rotatable bonds is 11. The van der Waals surface area contributed by atoms with Crippen LogP contribution in [0.3, 0.4) is 0 Å². The third-order valence-electron chi connectivity index (χ3n) is 5.03. The lowest BCUT2D eigenvalue weighted by atomic mass is 10.2. The van der Waals surface area contributed by atoms with Crippen molar-refractivity contribution in [3.63, 3.8) is 0 Å². The van der Waals surface area contributed by atoms with Crippen LogP contribution in [0, 0.1) is 0 Å². The number of hydrogen-bond donors (Lipinski definition) is 1. The maximum Gasteiger partial charge on any atom is 0.200 e. The van der Waals surface area contributed by atoms with E-state index in [9.17, 15) is 5.11 Å². The van der Waals surface area contributed by atoms with Crippen LogP contribution in [-0.4, -0.2) is 32.7 Å². The van der Waals surface area contributed by atoms with Crippen molar-refractivity contribution in [3.8, 4) is 0 Å². The molecule has 1 aromatic rings. The molecule has 0 heterocycles. The first-order valence-electron chi connectivity index (χ1n) is 9.24. The van der Waals surface area contributed by atoms with Crippen molar-refractivity contribution < 1.29 is 14.3 Å². The second-order valence-corrected chi connectivity index (χ2v) is 13.0. The molecule has 0 fully saturated rings. The number of aliphatic hydroxyl groups excluding tert-OH is 1. The van der Waals surface area contributed by atoms with Gasteiger partial charge >= 0.3 is 0 Å². The quantitative estimate of drug-likeness (QED) is 0.560. The summed E-state index contributed by atoms with van der Waals surface area (Å²) in [5.41, 5.74) is 2.87. The van der Waals surface area contributed by atoms with Crippen molar-refractivity contribution >= 4 is 8.32 Å². The Morgan fingerprint density at radius 1 is 0.917 bits per heavy atom. The van der Waals surface area contributed by atoms with E-state index < -0.39 is 8.32 Å². The second kappa shape index (κ2) is 10.3. The molecule has 0 saturated heterocycles. The van der Waals surface area contributed by atoms with Crippen molar-refractivity contribution in [1.29, 1.82) is 0 Å². The highest BCUT2D eigenvalue weighted by atomic mass is 28.4. The van der Waals surface area contributed by atoms with Crippen LogP contribution in [-0.2, 0) is 15.8 Å². The topological polar surface area (TPSA) is 38.7 Å². The summed E-state index contributed by atoms with van der Waals surface area (Å²) in [5, 5.41) is 9.59.